The molecule has 0 aliphatic carbocycles. The van der Waals surface area contributed by atoms with Crippen molar-refractivity contribution < 1.29 is 0 Å². The van der Waals surface area contributed by atoms with Crippen molar-refractivity contribution in [1.29, 1.82) is 0 Å². The van der Waals surface area contributed by atoms with Crippen LogP contribution >= 0.6 is 0 Å². The molecule has 0 radical (unpaired) electrons. The smallest absolute Gasteiger partial charge is 0.312 e. The number of benzene rings is 2. The van der Waals surface area contributed by atoms with Crippen molar-refractivity contribution in [3.8, 4) is 0 Å². The van der Waals surface area contributed by atoms with Gasteiger partial charge in [-0.15, -0.1) is 0 Å². The third-order valence-electron chi connectivity index (χ3n) is 6.15. The molecule has 0 unspecified atom stereocenters. The Balaban J connectivity index is 1.64. The number of nitrogens with zero attached hydrogens (tertiary/aromatic N) is 5. The van der Waals surface area contributed by atoms with E-state index in [4.69, 9.17) is 4.98 Å². The minimum Gasteiger partial charge on any atom is -0.312 e. The van der Waals surface area contributed by atoms with Crippen LogP contribution in [-0.2, 0) is 20.1 Å². The maximum atomic E-state index is 13.5. The van der Waals surface area contributed by atoms with Crippen molar-refractivity contribution in [1.82, 2.24) is 18.7 Å². The maximum absolute atomic E-state index is 13.5. The summed E-state index contributed by atoms with van der Waals surface area (Å²) in [6, 6.07) is 18.1. The zero-order valence-corrected chi connectivity index (χ0v) is 19.1. The predicted octanol–water partition coefficient (Wildman–Crippen LogP) is 3.71. The second kappa shape index (κ2) is 8.24. The van der Waals surface area contributed by atoms with Gasteiger partial charge in [-0.3, -0.25) is 13.9 Å². The normalized spacial score (nSPS) is 16.0. The summed E-state index contributed by atoms with van der Waals surface area (Å²) < 4.78 is 4.75. The molecule has 5 rings (SSSR count). The molecule has 168 valence electrons. The Labute approximate surface area is 191 Å². The Kier molecular flexibility index (Phi) is 5.24. The van der Waals surface area contributed by atoms with Gasteiger partial charge in [0.15, 0.2) is 11.2 Å². The first-order valence-corrected chi connectivity index (χ1v) is 11.2. The highest BCUT2D eigenvalue weighted by atomic mass is 16.2. The van der Waals surface area contributed by atoms with Crippen LogP contribution in [0.5, 0.6) is 0 Å². The van der Waals surface area contributed by atoms with E-state index in [9.17, 15) is 9.59 Å². The molecule has 33 heavy (non-hydrogen) atoms. The molecule has 1 atom stereocenters. The average molecular weight is 442 g/mol. The summed E-state index contributed by atoms with van der Waals surface area (Å²) in [6.45, 7) is 5.91. The molecule has 7 heteroatoms. The second-order valence-corrected chi connectivity index (χ2v) is 8.82. The molecule has 0 bridgehead atoms. The number of imidazole rings is 1. The van der Waals surface area contributed by atoms with Crippen molar-refractivity contribution in [2.75, 3.05) is 11.4 Å². The fourth-order valence-corrected chi connectivity index (χ4v) is 4.54. The summed E-state index contributed by atoms with van der Waals surface area (Å²) in [7, 11) is 1.68. The number of fused-ring (bicyclic) bond motifs is 3. The predicted molar refractivity (Wildman–Crippen MR) is 132 cm³/mol. The Morgan fingerprint density at radius 2 is 1.85 bits per heavy atom. The van der Waals surface area contributed by atoms with Crippen molar-refractivity contribution in [3.05, 3.63) is 92.6 Å². The number of hydrogen-bond acceptors (Lipinski definition) is 4. The summed E-state index contributed by atoms with van der Waals surface area (Å²) in [4.78, 5) is 33.5. The molecule has 3 heterocycles. The number of anilines is 2. The number of aromatic nitrogens is 4. The van der Waals surface area contributed by atoms with Crippen molar-refractivity contribution in [2.24, 2.45) is 13.0 Å². The minimum absolute atomic E-state index is 0.202. The first kappa shape index (κ1) is 21.0. The van der Waals surface area contributed by atoms with E-state index in [1.54, 1.807) is 7.05 Å². The minimum atomic E-state index is -0.365. The summed E-state index contributed by atoms with van der Waals surface area (Å²) in [5.74, 6) is 1.02. The Morgan fingerprint density at radius 1 is 1.06 bits per heavy atom. The standard InChI is InChI=1S/C26H27N5O2/c1-18-9-7-13-21(15-18)30-16-19(2)17-31-22-23(27-25(30)31)28(3)26(33)29(24(22)32)14-8-12-20-10-5-4-6-11-20/h4-13,15,19H,14,16-17H2,1-3H3/b12-8+/t19-/m0/s1. The van der Waals surface area contributed by atoms with Crippen molar-refractivity contribution in [3.63, 3.8) is 0 Å². The van der Waals surface area contributed by atoms with Gasteiger partial charge >= 0.3 is 5.69 Å². The highest BCUT2D eigenvalue weighted by Crippen LogP contribution is 2.33. The monoisotopic (exact) mass is 441 g/mol. The zero-order valence-electron chi connectivity index (χ0n) is 19.1. The van der Waals surface area contributed by atoms with E-state index in [2.05, 4.69) is 36.9 Å². The molecular formula is C26H27N5O2. The van der Waals surface area contributed by atoms with Crippen LogP contribution < -0.4 is 16.1 Å². The van der Waals surface area contributed by atoms with Gasteiger partial charge in [0.05, 0.1) is 0 Å². The van der Waals surface area contributed by atoms with E-state index in [0.717, 1.165) is 23.4 Å². The van der Waals surface area contributed by atoms with Crippen LogP contribution in [0.3, 0.4) is 0 Å². The lowest BCUT2D eigenvalue weighted by molar-refractivity contribution is 0.458. The second-order valence-electron chi connectivity index (χ2n) is 8.82. The highest BCUT2D eigenvalue weighted by molar-refractivity contribution is 5.77. The lowest BCUT2D eigenvalue weighted by Crippen LogP contribution is -2.40. The van der Waals surface area contributed by atoms with Crippen molar-refractivity contribution >= 4 is 28.9 Å². The van der Waals surface area contributed by atoms with E-state index in [1.807, 2.05) is 53.1 Å². The molecule has 0 spiro atoms. The first-order chi connectivity index (χ1) is 15.9. The molecule has 0 saturated carbocycles. The van der Waals surface area contributed by atoms with Crippen LogP contribution in [0.25, 0.3) is 17.2 Å². The van der Waals surface area contributed by atoms with Crippen LogP contribution in [0, 0.1) is 12.8 Å². The summed E-state index contributed by atoms with van der Waals surface area (Å²) in [6.07, 6.45) is 3.77. The molecule has 0 amide bonds. The lowest BCUT2D eigenvalue weighted by Gasteiger charge is -2.33. The highest BCUT2D eigenvalue weighted by Gasteiger charge is 2.29. The largest absolute Gasteiger partial charge is 0.332 e. The van der Waals surface area contributed by atoms with E-state index in [-0.39, 0.29) is 17.8 Å². The van der Waals surface area contributed by atoms with Gasteiger partial charge in [0.1, 0.15) is 0 Å². The third-order valence-corrected chi connectivity index (χ3v) is 6.15. The van der Waals surface area contributed by atoms with Crippen LogP contribution in [0.1, 0.15) is 18.1 Å². The first-order valence-electron chi connectivity index (χ1n) is 11.2. The number of allylic oxidation sites excluding steroid dienone is 1. The van der Waals surface area contributed by atoms with Crippen LogP contribution in [0.2, 0.25) is 0 Å². The van der Waals surface area contributed by atoms with E-state index < -0.39 is 0 Å². The number of aryl methyl sites for hydroxylation is 2. The molecule has 0 saturated heterocycles. The fraction of sp³-hybridized carbons (Fsp3) is 0.269. The van der Waals surface area contributed by atoms with E-state index in [0.29, 0.717) is 29.6 Å². The molecule has 1 aliphatic heterocycles. The molecule has 7 nitrogen and oxygen atoms in total. The molecule has 1 aliphatic rings. The van der Waals surface area contributed by atoms with Gasteiger partial charge < -0.3 is 9.47 Å². The molecule has 0 N–H and O–H groups in total. The molecule has 0 fully saturated rings. The van der Waals surface area contributed by atoms with Crippen LogP contribution in [0.4, 0.5) is 11.6 Å². The zero-order chi connectivity index (χ0) is 23.1. The Bertz CT molecular complexity index is 1480. The average Bonchev–Trinajstić information content (AvgIpc) is 3.19. The van der Waals surface area contributed by atoms with Gasteiger partial charge in [0, 0.05) is 32.4 Å². The van der Waals surface area contributed by atoms with Gasteiger partial charge in [0.2, 0.25) is 5.95 Å². The van der Waals surface area contributed by atoms with Crippen LogP contribution in [0.15, 0.2) is 70.3 Å². The number of rotatable bonds is 4. The topological polar surface area (TPSA) is 65.1 Å². The third kappa shape index (κ3) is 3.69. The van der Waals surface area contributed by atoms with E-state index >= 15 is 0 Å². The maximum Gasteiger partial charge on any atom is 0.332 e. The van der Waals surface area contributed by atoms with Crippen LogP contribution in [-0.4, -0.2) is 25.2 Å². The van der Waals surface area contributed by atoms with Gasteiger partial charge in [-0.25, -0.2) is 4.79 Å². The Morgan fingerprint density at radius 3 is 2.61 bits per heavy atom. The SMILES string of the molecule is Cc1cccc(N2C[C@H](C)Cn3c2nc2c3c(=O)n(C/C=C/c3ccccc3)c(=O)n2C)c1. The van der Waals surface area contributed by atoms with Gasteiger partial charge in [-0.1, -0.05) is 61.5 Å². The van der Waals surface area contributed by atoms with Gasteiger partial charge in [-0.05, 0) is 36.1 Å². The summed E-state index contributed by atoms with van der Waals surface area (Å²) in [5, 5.41) is 0. The van der Waals surface area contributed by atoms with Gasteiger partial charge in [0.25, 0.3) is 5.56 Å². The molecule has 2 aromatic carbocycles. The quantitative estimate of drug-likeness (QED) is 0.484. The molecule has 4 aromatic rings. The number of hydrogen-bond donors (Lipinski definition) is 0. The lowest BCUT2D eigenvalue weighted by atomic mass is 10.1. The van der Waals surface area contributed by atoms with Crippen molar-refractivity contribution in [2.45, 2.75) is 26.9 Å². The molecule has 2 aromatic heterocycles. The summed E-state index contributed by atoms with van der Waals surface area (Å²) >= 11 is 0. The fourth-order valence-electron chi connectivity index (χ4n) is 4.54. The van der Waals surface area contributed by atoms with E-state index in [1.165, 1.54) is 9.13 Å². The summed E-state index contributed by atoms with van der Waals surface area (Å²) in [5.41, 5.74) is 3.45. The van der Waals surface area contributed by atoms with Gasteiger partial charge in [-0.2, -0.15) is 4.98 Å². The Hall–Kier alpha value is -3.87. The molecular weight excluding hydrogens is 414 g/mol.